The summed E-state index contributed by atoms with van der Waals surface area (Å²) in [6.07, 6.45) is 4.47. The van der Waals surface area contributed by atoms with Gasteiger partial charge in [0.05, 0.1) is 7.11 Å². The second-order valence-corrected chi connectivity index (χ2v) is 5.92. The lowest BCUT2D eigenvalue weighted by Gasteiger charge is -2.23. The number of hydrogen-bond acceptors (Lipinski definition) is 5. The van der Waals surface area contributed by atoms with E-state index in [-0.39, 0.29) is 18.9 Å². The van der Waals surface area contributed by atoms with Gasteiger partial charge in [-0.05, 0) is 11.5 Å². The summed E-state index contributed by atoms with van der Waals surface area (Å²) in [5.41, 5.74) is 0.827. The molecule has 0 heterocycles. The van der Waals surface area contributed by atoms with E-state index >= 15 is 0 Å². The minimum atomic E-state index is -0.971. The molecule has 0 radical (unpaired) electrons. The summed E-state index contributed by atoms with van der Waals surface area (Å²) < 4.78 is 9.74. The molecule has 1 rings (SSSR count). The molecule has 26 heavy (non-hydrogen) atoms. The number of ether oxygens (including phenoxy) is 2. The third kappa shape index (κ3) is 6.85. The minimum Gasteiger partial charge on any atom is -0.467 e. The molecule has 0 fully saturated rings. The van der Waals surface area contributed by atoms with Crippen molar-refractivity contribution in [1.82, 2.24) is 10.6 Å². The Morgan fingerprint density at radius 1 is 1.15 bits per heavy atom. The maximum atomic E-state index is 12.4. The lowest BCUT2D eigenvalue weighted by atomic mass is 10.0. The summed E-state index contributed by atoms with van der Waals surface area (Å²) in [6, 6.07) is 7.31. The SMILES string of the molecule is C#CC[C@H](NC(=O)[C@@H](NC(=O)OCc1ccccc1)C(C)C)C(=O)OC. The van der Waals surface area contributed by atoms with Crippen LogP contribution in [0, 0.1) is 18.3 Å². The van der Waals surface area contributed by atoms with Gasteiger partial charge in [0.1, 0.15) is 18.7 Å². The molecule has 0 aliphatic rings. The molecule has 2 amide bonds. The molecular formula is C19H24N2O5. The van der Waals surface area contributed by atoms with E-state index in [0.29, 0.717) is 0 Å². The predicted molar refractivity (Wildman–Crippen MR) is 95.8 cm³/mol. The molecule has 0 aliphatic carbocycles. The predicted octanol–water partition coefficient (Wildman–Crippen LogP) is 1.62. The molecule has 2 N–H and O–H groups in total. The molecule has 0 bridgehead atoms. The first kappa shape index (κ1) is 21.0. The van der Waals surface area contributed by atoms with E-state index < -0.39 is 30.1 Å². The van der Waals surface area contributed by atoms with Crippen LogP contribution in [0.4, 0.5) is 4.79 Å². The highest BCUT2D eigenvalue weighted by Gasteiger charge is 2.29. The summed E-state index contributed by atoms with van der Waals surface area (Å²) in [5, 5.41) is 5.02. The van der Waals surface area contributed by atoms with E-state index in [2.05, 4.69) is 21.3 Å². The molecule has 7 nitrogen and oxygen atoms in total. The zero-order valence-corrected chi connectivity index (χ0v) is 15.2. The Hall–Kier alpha value is -3.01. The van der Waals surface area contributed by atoms with Gasteiger partial charge >= 0.3 is 12.1 Å². The van der Waals surface area contributed by atoms with Gasteiger partial charge in [0.15, 0.2) is 0 Å². The van der Waals surface area contributed by atoms with Crippen molar-refractivity contribution in [2.24, 2.45) is 5.92 Å². The number of amides is 2. The summed E-state index contributed by atoms with van der Waals surface area (Å²) in [4.78, 5) is 36.1. The normalized spacial score (nSPS) is 12.4. The van der Waals surface area contributed by atoms with Crippen LogP contribution in [0.5, 0.6) is 0 Å². The first-order chi connectivity index (χ1) is 12.4. The molecule has 2 atom stereocenters. The second-order valence-electron chi connectivity index (χ2n) is 5.92. The van der Waals surface area contributed by atoms with Crippen LogP contribution in [0.15, 0.2) is 30.3 Å². The Labute approximate surface area is 153 Å². The third-order valence-corrected chi connectivity index (χ3v) is 3.56. The molecule has 1 aromatic rings. The fourth-order valence-corrected chi connectivity index (χ4v) is 2.14. The molecule has 0 spiro atoms. The summed E-state index contributed by atoms with van der Waals surface area (Å²) >= 11 is 0. The number of carbonyl (C=O) groups excluding carboxylic acids is 3. The van der Waals surface area contributed by atoms with Crippen LogP contribution in [0.1, 0.15) is 25.8 Å². The van der Waals surface area contributed by atoms with Gasteiger partial charge in [0.2, 0.25) is 5.91 Å². The van der Waals surface area contributed by atoms with E-state index in [9.17, 15) is 14.4 Å². The van der Waals surface area contributed by atoms with Crippen molar-refractivity contribution in [2.75, 3.05) is 7.11 Å². The van der Waals surface area contributed by atoms with Crippen molar-refractivity contribution in [3.63, 3.8) is 0 Å². The van der Waals surface area contributed by atoms with Crippen LogP contribution in [0.3, 0.4) is 0 Å². The first-order valence-corrected chi connectivity index (χ1v) is 8.17. The molecule has 0 saturated heterocycles. The first-order valence-electron chi connectivity index (χ1n) is 8.17. The highest BCUT2D eigenvalue weighted by atomic mass is 16.5. The molecule has 0 aromatic heterocycles. The van der Waals surface area contributed by atoms with E-state index in [0.717, 1.165) is 5.56 Å². The summed E-state index contributed by atoms with van der Waals surface area (Å²) in [6.45, 7) is 3.60. The Balaban J connectivity index is 2.66. The van der Waals surface area contributed by atoms with Gasteiger partial charge in [-0.3, -0.25) is 4.79 Å². The maximum absolute atomic E-state index is 12.4. The average Bonchev–Trinajstić information content (AvgIpc) is 2.63. The van der Waals surface area contributed by atoms with E-state index in [1.165, 1.54) is 7.11 Å². The largest absolute Gasteiger partial charge is 0.467 e. The summed E-state index contributed by atoms with van der Waals surface area (Å²) in [5.74, 6) is 0.888. The third-order valence-electron chi connectivity index (χ3n) is 3.56. The van der Waals surface area contributed by atoms with Gasteiger partial charge in [-0.25, -0.2) is 9.59 Å². The van der Waals surface area contributed by atoms with Gasteiger partial charge in [-0.15, -0.1) is 12.3 Å². The van der Waals surface area contributed by atoms with Crippen molar-refractivity contribution in [1.29, 1.82) is 0 Å². The van der Waals surface area contributed by atoms with Crippen LogP contribution < -0.4 is 10.6 Å². The van der Waals surface area contributed by atoms with Crippen LogP contribution in [0.25, 0.3) is 0 Å². The second kappa shape index (κ2) is 10.8. The Morgan fingerprint density at radius 2 is 1.81 bits per heavy atom. The van der Waals surface area contributed by atoms with Crippen LogP contribution in [0.2, 0.25) is 0 Å². The topological polar surface area (TPSA) is 93.7 Å². The number of rotatable bonds is 8. The maximum Gasteiger partial charge on any atom is 0.408 e. The van der Waals surface area contributed by atoms with Crippen molar-refractivity contribution >= 4 is 18.0 Å². The monoisotopic (exact) mass is 360 g/mol. The van der Waals surface area contributed by atoms with Crippen LogP contribution >= 0.6 is 0 Å². The van der Waals surface area contributed by atoms with Crippen LogP contribution in [-0.4, -0.2) is 37.2 Å². The fourth-order valence-electron chi connectivity index (χ4n) is 2.14. The van der Waals surface area contributed by atoms with Gasteiger partial charge in [-0.1, -0.05) is 44.2 Å². The van der Waals surface area contributed by atoms with Crippen molar-refractivity contribution < 1.29 is 23.9 Å². The minimum absolute atomic E-state index is 0.0122. The quantitative estimate of drug-likeness (QED) is 0.543. The molecule has 0 saturated carbocycles. The smallest absolute Gasteiger partial charge is 0.408 e. The number of alkyl carbamates (subject to hydrolysis) is 1. The number of esters is 1. The Morgan fingerprint density at radius 3 is 2.35 bits per heavy atom. The zero-order valence-electron chi connectivity index (χ0n) is 15.2. The summed E-state index contributed by atoms with van der Waals surface area (Å²) in [7, 11) is 1.21. The van der Waals surface area contributed by atoms with E-state index in [1.807, 2.05) is 30.3 Å². The highest BCUT2D eigenvalue weighted by molar-refractivity contribution is 5.89. The number of methoxy groups -OCH3 is 1. The lowest BCUT2D eigenvalue weighted by molar-refractivity contribution is -0.145. The molecule has 7 heteroatoms. The van der Waals surface area contributed by atoms with Gasteiger partial charge < -0.3 is 20.1 Å². The van der Waals surface area contributed by atoms with Gasteiger partial charge in [0, 0.05) is 6.42 Å². The fraction of sp³-hybridized carbons (Fsp3) is 0.421. The van der Waals surface area contributed by atoms with Gasteiger partial charge in [-0.2, -0.15) is 0 Å². The number of nitrogens with one attached hydrogen (secondary N) is 2. The lowest BCUT2D eigenvalue weighted by Crippen LogP contribution is -2.53. The van der Waals surface area contributed by atoms with Crippen LogP contribution in [-0.2, 0) is 25.7 Å². The van der Waals surface area contributed by atoms with Crippen molar-refractivity contribution in [2.45, 2.75) is 39.0 Å². The Kier molecular flexibility index (Phi) is 8.71. The average molecular weight is 360 g/mol. The molecule has 140 valence electrons. The highest BCUT2D eigenvalue weighted by Crippen LogP contribution is 2.06. The number of carbonyl (C=O) groups is 3. The molecular weight excluding hydrogens is 336 g/mol. The Bertz CT molecular complexity index is 652. The molecule has 0 unspecified atom stereocenters. The molecule has 0 aliphatic heterocycles. The zero-order chi connectivity index (χ0) is 19.5. The molecule has 1 aromatic carbocycles. The van der Waals surface area contributed by atoms with Crippen molar-refractivity contribution in [3.8, 4) is 12.3 Å². The standard InChI is InChI=1S/C19H24N2O5/c1-5-9-15(18(23)25-4)20-17(22)16(13(2)3)21-19(24)26-12-14-10-7-6-8-11-14/h1,6-8,10-11,13,15-16H,9,12H2,2-4H3,(H,20,22)(H,21,24)/t15-,16-/m0/s1. The van der Waals surface area contributed by atoms with Gasteiger partial charge in [0.25, 0.3) is 0 Å². The number of benzene rings is 1. The van der Waals surface area contributed by atoms with E-state index in [1.54, 1.807) is 13.8 Å². The number of terminal acetylenes is 1. The number of hydrogen-bond donors (Lipinski definition) is 2. The van der Waals surface area contributed by atoms with E-state index in [4.69, 9.17) is 11.2 Å². The van der Waals surface area contributed by atoms with Crippen molar-refractivity contribution in [3.05, 3.63) is 35.9 Å².